The van der Waals surface area contributed by atoms with Crippen LogP contribution in [0.3, 0.4) is 0 Å². The summed E-state index contributed by atoms with van der Waals surface area (Å²) in [4.78, 5) is 18.3. The highest BCUT2D eigenvalue weighted by Gasteiger charge is 2.30. The molecule has 1 aliphatic heterocycles. The Balaban J connectivity index is 1.04. The summed E-state index contributed by atoms with van der Waals surface area (Å²) in [5.41, 5.74) is 3.98. The second-order valence-corrected chi connectivity index (χ2v) is 17.5. The zero-order valence-corrected chi connectivity index (χ0v) is 34.3. The lowest BCUT2D eigenvalue weighted by molar-refractivity contribution is 0.147. The number of amides is 2. The number of ether oxygens (including phenoxy) is 1. The summed E-state index contributed by atoms with van der Waals surface area (Å²) in [7, 11) is 2.10. The third-order valence-corrected chi connectivity index (χ3v) is 12.0. The Labute approximate surface area is 337 Å². The summed E-state index contributed by atoms with van der Waals surface area (Å²) >= 11 is 0. The van der Waals surface area contributed by atoms with Crippen molar-refractivity contribution in [1.29, 1.82) is 5.41 Å². The topological polar surface area (TPSA) is 123 Å². The lowest BCUT2D eigenvalue weighted by Crippen LogP contribution is -2.44. The molecule has 304 valence electrons. The molecule has 3 heterocycles. The van der Waals surface area contributed by atoms with Gasteiger partial charge in [0, 0.05) is 67.1 Å². The van der Waals surface area contributed by atoms with Crippen molar-refractivity contribution in [2.45, 2.75) is 104 Å². The molecule has 2 aromatic heterocycles. The molecule has 2 aromatic carbocycles. The number of hydrogen-bond donors (Lipinski definition) is 4. The lowest BCUT2D eigenvalue weighted by atomic mass is 9.85. The van der Waals surface area contributed by atoms with Crippen molar-refractivity contribution in [2.75, 3.05) is 38.5 Å². The van der Waals surface area contributed by atoms with Crippen LogP contribution in [-0.2, 0) is 6.54 Å². The van der Waals surface area contributed by atoms with Gasteiger partial charge in [0.25, 0.3) is 0 Å². The lowest BCUT2D eigenvalue weighted by Gasteiger charge is -2.32. The van der Waals surface area contributed by atoms with Gasteiger partial charge in [-0.1, -0.05) is 77.6 Å². The number of hydrogen-bond acceptors (Lipinski definition) is 8. The van der Waals surface area contributed by atoms with E-state index in [1.54, 1.807) is 18.2 Å². The normalized spacial score (nSPS) is 22.6. The first-order valence-corrected chi connectivity index (χ1v) is 20.8. The van der Waals surface area contributed by atoms with E-state index in [0.29, 0.717) is 48.1 Å². The maximum atomic E-state index is 15.0. The van der Waals surface area contributed by atoms with Crippen LogP contribution < -0.4 is 20.7 Å². The number of fused-ring (bicyclic) bond motifs is 2. The van der Waals surface area contributed by atoms with Crippen molar-refractivity contribution in [1.82, 2.24) is 35.0 Å². The van der Waals surface area contributed by atoms with E-state index in [9.17, 15) is 4.79 Å². The first-order valence-electron chi connectivity index (χ1n) is 20.8. The number of rotatable bonds is 10. The van der Waals surface area contributed by atoms with Crippen LogP contribution in [0.2, 0.25) is 0 Å². The number of anilines is 1. The number of piperazine rings is 1. The zero-order valence-electron chi connectivity index (χ0n) is 34.3. The fourth-order valence-corrected chi connectivity index (χ4v) is 8.30. The Morgan fingerprint density at radius 2 is 1.72 bits per heavy atom. The second kappa shape index (κ2) is 17.8. The van der Waals surface area contributed by atoms with Crippen molar-refractivity contribution in [2.24, 2.45) is 11.3 Å². The number of carbonyl (C=O) groups excluding carboxylic acids is 1. The van der Waals surface area contributed by atoms with Gasteiger partial charge >= 0.3 is 6.03 Å². The van der Waals surface area contributed by atoms with E-state index < -0.39 is 11.4 Å². The van der Waals surface area contributed by atoms with E-state index in [0.717, 1.165) is 73.3 Å². The summed E-state index contributed by atoms with van der Waals surface area (Å²) < 4.78 is 23.8. The van der Waals surface area contributed by atoms with Crippen molar-refractivity contribution >= 4 is 23.1 Å². The van der Waals surface area contributed by atoms with Gasteiger partial charge in [-0.3, -0.25) is 14.6 Å². The monoisotopic (exact) mass is 777 g/mol. The Bertz CT molecular complexity index is 2060. The highest BCUT2D eigenvalue weighted by Crippen LogP contribution is 2.39. The fourth-order valence-electron chi connectivity index (χ4n) is 8.30. The standard InChI is InChI=1S/C45H60FN9O2/c1-30-10-6-7-11-31(15-14-30)43-52-51-42-21-17-34(29-55(42)43)57-39-20-19-38(35-12-8-9-13-36(35)39)49-44(56)50-41(27-40(47)45(2,3)4)48-33-16-18-37(46)32(26-33)28-54-24-22-53(5)23-25-54/h8-9,12-13,16-18,21,26-27,29-31,38-39,47-48H,6-7,10-11,14-15,19-20,22-25,28H2,1-5H3,(H2,49,50,56)/b41-27+,47-40?/t30-,31?,38-,39+/m0/s1. The molecular weight excluding hydrogens is 718 g/mol. The predicted octanol–water partition coefficient (Wildman–Crippen LogP) is 8.96. The maximum Gasteiger partial charge on any atom is 0.320 e. The number of nitrogens with one attached hydrogen (secondary N) is 4. The molecule has 4 N–H and O–H groups in total. The number of urea groups is 1. The average molecular weight is 778 g/mol. The third-order valence-electron chi connectivity index (χ3n) is 12.0. The summed E-state index contributed by atoms with van der Waals surface area (Å²) in [6.45, 7) is 12.4. The molecule has 2 amide bonds. The summed E-state index contributed by atoms with van der Waals surface area (Å²) in [6.07, 6.45) is 12.1. The number of benzene rings is 2. The largest absolute Gasteiger partial charge is 0.484 e. The van der Waals surface area contributed by atoms with Gasteiger partial charge in [-0.15, -0.1) is 10.2 Å². The number of allylic oxidation sites excluding steroid dienone is 1. The number of pyridine rings is 1. The minimum absolute atomic E-state index is 0.190. The number of likely N-dealkylation sites (N-methyl/N-ethyl adjacent to an activating group) is 1. The van der Waals surface area contributed by atoms with Crippen LogP contribution >= 0.6 is 0 Å². The number of aromatic nitrogens is 3. The molecule has 12 heteroatoms. The Morgan fingerprint density at radius 1 is 0.947 bits per heavy atom. The molecule has 4 atom stereocenters. The molecule has 57 heavy (non-hydrogen) atoms. The van der Waals surface area contributed by atoms with E-state index in [1.807, 2.05) is 51.2 Å². The van der Waals surface area contributed by atoms with Gasteiger partial charge in [0.05, 0.1) is 12.2 Å². The molecule has 1 saturated carbocycles. The first kappa shape index (κ1) is 40.4. The Kier molecular flexibility index (Phi) is 12.6. The van der Waals surface area contributed by atoms with Gasteiger partial charge in [-0.25, -0.2) is 9.18 Å². The van der Waals surface area contributed by atoms with E-state index >= 15 is 4.39 Å². The number of halogens is 1. The van der Waals surface area contributed by atoms with Gasteiger partial charge < -0.3 is 25.7 Å². The number of carbonyl (C=O) groups is 1. The number of nitrogens with zero attached hydrogens (tertiary/aromatic N) is 5. The minimum atomic E-state index is -0.453. The van der Waals surface area contributed by atoms with Gasteiger partial charge in [-0.05, 0) is 80.1 Å². The second-order valence-electron chi connectivity index (χ2n) is 17.5. The predicted molar refractivity (Wildman–Crippen MR) is 224 cm³/mol. The van der Waals surface area contributed by atoms with Crippen LogP contribution in [0.1, 0.15) is 120 Å². The summed E-state index contributed by atoms with van der Waals surface area (Å²) in [5.74, 6) is 2.99. The van der Waals surface area contributed by atoms with Crippen molar-refractivity contribution < 1.29 is 13.9 Å². The molecule has 4 aromatic rings. The highest BCUT2D eigenvalue weighted by atomic mass is 19.1. The van der Waals surface area contributed by atoms with Gasteiger partial charge in [-0.2, -0.15) is 0 Å². The van der Waals surface area contributed by atoms with Crippen molar-refractivity contribution in [3.63, 3.8) is 0 Å². The van der Waals surface area contributed by atoms with Crippen LogP contribution in [0.5, 0.6) is 5.75 Å². The molecule has 0 radical (unpaired) electrons. The van der Waals surface area contributed by atoms with Crippen LogP contribution in [0.4, 0.5) is 14.9 Å². The van der Waals surface area contributed by atoms with Crippen molar-refractivity contribution in [3.8, 4) is 5.75 Å². The van der Waals surface area contributed by atoms with Crippen LogP contribution in [0.15, 0.2) is 72.7 Å². The molecule has 2 aliphatic carbocycles. The van der Waals surface area contributed by atoms with E-state index in [2.05, 4.69) is 66.5 Å². The van der Waals surface area contributed by atoms with E-state index in [-0.39, 0.29) is 18.0 Å². The smallest absolute Gasteiger partial charge is 0.320 e. The molecular formula is C45H60FN9O2. The molecule has 3 aliphatic rings. The third kappa shape index (κ3) is 10.2. The summed E-state index contributed by atoms with van der Waals surface area (Å²) in [6, 6.07) is 16.4. The SMILES string of the molecule is C[C@H]1CCCCC(c2nnc3ccc(O[C@@H]4CC[C@H](NC(=O)N/C(=C/C(=N)C(C)(C)C)Nc5ccc(F)c(CN6CCN(C)CC6)c5)c5ccccc54)cn23)CC1. The Hall–Kier alpha value is -4.81. The van der Waals surface area contributed by atoms with Crippen molar-refractivity contribution in [3.05, 3.63) is 101 Å². The first-order chi connectivity index (χ1) is 27.4. The fraction of sp³-hybridized carbons (Fsp3) is 0.511. The molecule has 11 nitrogen and oxygen atoms in total. The maximum absolute atomic E-state index is 15.0. The van der Waals surface area contributed by atoms with Gasteiger partial charge in [0.2, 0.25) is 0 Å². The quantitative estimate of drug-likeness (QED) is 0.119. The van der Waals surface area contributed by atoms with E-state index in [1.165, 1.54) is 31.7 Å². The zero-order chi connectivity index (χ0) is 40.1. The molecule has 1 saturated heterocycles. The van der Waals surface area contributed by atoms with E-state index in [4.69, 9.17) is 10.1 Å². The highest BCUT2D eigenvalue weighted by molar-refractivity contribution is 5.97. The van der Waals surface area contributed by atoms with Gasteiger partial charge in [0.1, 0.15) is 29.3 Å². The molecule has 2 fully saturated rings. The Morgan fingerprint density at radius 3 is 2.51 bits per heavy atom. The van der Waals surface area contributed by atoms with Gasteiger partial charge in [0.15, 0.2) is 5.65 Å². The minimum Gasteiger partial charge on any atom is -0.484 e. The molecule has 0 spiro atoms. The van der Waals surface area contributed by atoms with Crippen LogP contribution in [-0.4, -0.2) is 69.4 Å². The average Bonchev–Trinajstić information content (AvgIpc) is 3.59. The summed E-state index contributed by atoms with van der Waals surface area (Å²) in [5, 5.41) is 27.4. The molecule has 7 rings (SSSR count). The molecule has 0 bridgehead atoms. The van der Waals surface area contributed by atoms with Crippen LogP contribution in [0.25, 0.3) is 5.65 Å². The van der Waals surface area contributed by atoms with Crippen LogP contribution in [0, 0.1) is 22.6 Å². The molecule has 1 unspecified atom stereocenters.